The van der Waals surface area contributed by atoms with Crippen molar-refractivity contribution in [2.75, 3.05) is 26.2 Å². The van der Waals surface area contributed by atoms with Crippen LogP contribution in [-0.4, -0.2) is 57.8 Å². The molecular weight excluding hydrogens is 292 g/mol. The third-order valence-corrected chi connectivity index (χ3v) is 4.99. The summed E-state index contributed by atoms with van der Waals surface area (Å²) in [5.74, 6) is 0.163. The summed E-state index contributed by atoms with van der Waals surface area (Å²) >= 11 is 0. The highest BCUT2D eigenvalue weighted by Gasteiger charge is 2.41. The van der Waals surface area contributed by atoms with E-state index in [-0.39, 0.29) is 17.2 Å². The Hall–Kier alpha value is -2.24. The van der Waals surface area contributed by atoms with Crippen LogP contribution < -0.4 is 0 Å². The van der Waals surface area contributed by atoms with E-state index in [0.717, 1.165) is 25.8 Å². The first-order valence-corrected chi connectivity index (χ1v) is 8.07. The van der Waals surface area contributed by atoms with Crippen LogP contribution in [0.4, 0.5) is 0 Å². The van der Waals surface area contributed by atoms with Gasteiger partial charge < -0.3 is 9.80 Å². The lowest BCUT2D eigenvalue weighted by Crippen LogP contribution is -2.52. The molecule has 0 saturated carbocycles. The molecule has 2 fully saturated rings. The molecule has 2 aliphatic heterocycles. The highest BCUT2D eigenvalue weighted by molar-refractivity contribution is 5.92. The van der Waals surface area contributed by atoms with Gasteiger partial charge in [0.05, 0.1) is 6.20 Å². The van der Waals surface area contributed by atoms with Gasteiger partial charge in [0.15, 0.2) is 0 Å². The zero-order valence-corrected chi connectivity index (χ0v) is 13.3. The van der Waals surface area contributed by atoms with E-state index in [9.17, 15) is 9.59 Å². The van der Waals surface area contributed by atoms with Crippen LogP contribution >= 0.6 is 0 Å². The third-order valence-electron chi connectivity index (χ3n) is 4.99. The molecule has 1 aromatic heterocycles. The van der Waals surface area contributed by atoms with Crippen LogP contribution in [0, 0.1) is 5.41 Å². The van der Waals surface area contributed by atoms with E-state index in [2.05, 4.69) is 16.5 Å². The lowest BCUT2D eigenvalue weighted by molar-refractivity contribution is -0.138. The Labute approximate surface area is 136 Å². The molecule has 23 heavy (non-hydrogen) atoms. The fourth-order valence-corrected chi connectivity index (χ4v) is 3.59. The van der Waals surface area contributed by atoms with Crippen molar-refractivity contribution in [3.8, 4) is 0 Å². The molecule has 0 N–H and O–H groups in total. The molecule has 3 heterocycles. The number of rotatable bonds is 3. The molecule has 0 atom stereocenters. The molecule has 0 aromatic carbocycles. The van der Waals surface area contributed by atoms with Gasteiger partial charge in [0.2, 0.25) is 5.91 Å². The maximum absolute atomic E-state index is 12.4. The quantitative estimate of drug-likeness (QED) is 0.793. The standard InChI is InChI=1S/C17H22N4O2/c1-2-9-21-13-17(4-3-15(21)22)5-10-20(11-6-17)16(23)14-12-18-7-8-19-14/h2,7-8,12H,1,3-6,9-11,13H2. The van der Waals surface area contributed by atoms with Gasteiger partial charge in [-0.05, 0) is 24.7 Å². The molecule has 0 aliphatic carbocycles. The number of piperidine rings is 2. The highest BCUT2D eigenvalue weighted by Crippen LogP contribution is 2.40. The zero-order valence-electron chi connectivity index (χ0n) is 13.3. The number of hydrogen-bond donors (Lipinski definition) is 0. The first-order valence-electron chi connectivity index (χ1n) is 8.07. The summed E-state index contributed by atoms with van der Waals surface area (Å²) in [5, 5.41) is 0. The van der Waals surface area contributed by atoms with Gasteiger partial charge in [0.1, 0.15) is 5.69 Å². The summed E-state index contributed by atoms with van der Waals surface area (Å²) in [5.41, 5.74) is 0.548. The van der Waals surface area contributed by atoms with Gasteiger partial charge in [-0.25, -0.2) is 4.98 Å². The topological polar surface area (TPSA) is 66.4 Å². The van der Waals surface area contributed by atoms with Crippen molar-refractivity contribution in [1.82, 2.24) is 19.8 Å². The minimum absolute atomic E-state index is 0.0530. The Bertz CT molecular complexity index is 594. The predicted octanol–water partition coefficient (Wildman–Crippen LogP) is 1.51. The van der Waals surface area contributed by atoms with Crippen LogP contribution in [0.1, 0.15) is 36.2 Å². The fraction of sp³-hybridized carbons (Fsp3) is 0.529. The Morgan fingerprint density at radius 2 is 2.09 bits per heavy atom. The average Bonchev–Trinajstić information content (AvgIpc) is 2.59. The molecule has 2 amide bonds. The lowest BCUT2D eigenvalue weighted by Gasteiger charge is -2.47. The van der Waals surface area contributed by atoms with Gasteiger partial charge in [-0.1, -0.05) is 6.08 Å². The maximum Gasteiger partial charge on any atom is 0.274 e. The van der Waals surface area contributed by atoms with Gasteiger partial charge in [0.25, 0.3) is 5.91 Å². The van der Waals surface area contributed by atoms with E-state index < -0.39 is 0 Å². The zero-order chi connectivity index (χ0) is 16.3. The van der Waals surface area contributed by atoms with Gasteiger partial charge in [-0.3, -0.25) is 14.6 Å². The number of hydrogen-bond acceptors (Lipinski definition) is 4. The van der Waals surface area contributed by atoms with E-state index in [1.807, 2.05) is 9.80 Å². The molecule has 1 aromatic rings. The molecule has 6 heteroatoms. The Kier molecular flexibility index (Phi) is 4.41. The van der Waals surface area contributed by atoms with Crippen LogP contribution in [0.5, 0.6) is 0 Å². The molecule has 2 saturated heterocycles. The molecule has 0 radical (unpaired) electrons. The summed E-state index contributed by atoms with van der Waals surface area (Å²) in [7, 11) is 0. The Morgan fingerprint density at radius 1 is 1.30 bits per heavy atom. The van der Waals surface area contributed by atoms with Gasteiger partial charge >= 0.3 is 0 Å². The van der Waals surface area contributed by atoms with Crippen molar-refractivity contribution in [2.24, 2.45) is 5.41 Å². The molecular formula is C17H22N4O2. The minimum atomic E-state index is -0.0530. The largest absolute Gasteiger partial charge is 0.338 e. The Morgan fingerprint density at radius 3 is 2.74 bits per heavy atom. The molecule has 6 nitrogen and oxygen atoms in total. The van der Waals surface area contributed by atoms with E-state index >= 15 is 0 Å². The molecule has 0 unspecified atom stereocenters. The number of carbonyl (C=O) groups excluding carboxylic acids is 2. The Balaban J connectivity index is 1.63. The van der Waals surface area contributed by atoms with E-state index in [4.69, 9.17) is 0 Å². The van der Waals surface area contributed by atoms with Crippen molar-refractivity contribution in [2.45, 2.75) is 25.7 Å². The van der Waals surface area contributed by atoms with Crippen LogP contribution in [0.3, 0.4) is 0 Å². The second-order valence-corrected chi connectivity index (χ2v) is 6.45. The van der Waals surface area contributed by atoms with Crippen LogP contribution in [0.15, 0.2) is 31.2 Å². The summed E-state index contributed by atoms with van der Waals surface area (Å²) in [6.45, 7) is 6.56. The van der Waals surface area contributed by atoms with Crippen molar-refractivity contribution < 1.29 is 9.59 Å². The first-order chi connectivity index (χ1) is 11.1. The number of carbonyl (C=O) groups is 2. The van der Waals surface area contributed by atoms with Crippen molar-refractivity contribution >= 4 is 11.8 Å². The smallest absolute Gasteiger partial charge is 0.274 e. The second kappa shape index (κ2) is 6.48. The average molecular weight is 314 g/mol. The fourth-order valence-electron chi connectivity index (χ4n) is 3.59. The van der Waals surface area contributed by atoms with E-state index in [0.29, 0.717) is 31.7 Å². The molecule has 122 valence electrons. The maximum atomic E-state index is 12.4. The SMILES string of the molecule is C=CCN1CC2(CCC1=O)CCN(C(=O)c1cnccn1)CC2. The van der Waals surface area contributed by atoms with Crippen molar-refractivity contribution in [3.05, 3.63) is 36.9 Å². The number of nitrogens with zero attached hydrogens (tertiary/aromatic N) is 4. The van der Waals surface area contributed by atoms with Gasteiger partial charge in [-0.15, -0.1) is 6.58 Å². The van der Waals surface area contributed by atoms with Gasteiger partial charge in [0, 0.05) is 45.0 Å². The van der Waals surface area contributed by atoms with Crippen LogP contribution in [0.25, 0.3) is 0 Å². The van der Waals surface area contributed by atoms with Crippen molar-refractivity contribution in [3.63, 3.8) is 0 Å². The summed E-state index contributed by atoms with van der Waals surface area (Å²) in [4.78, 5) is 36.2. The summed E-state index contributed by atoms with van der Waals surface area (Å²) in [6, 6.07) is 0. The number of aromatic nitrogens is 2. The van der Waals surface area contributed by atoms with Crippen LogP contribution in [0.2, 0.25) is 0 Å². The van der Waals surface area contributed by atoms with Crippen molar-refractivity contribution in [1.29, 1.82) is 0 Å². The second-order valence-electron chi connectivity index (χ2n) is 6.45. The summed E-state index contributed by atoms with van der Waals surface area (Å²) < 4.78 is 0. The van der Waals surface area contributed by atoms with Gasteiger partial charge in [-0.2, -0.15) is 0 Å². The normalized spacial score (nSPS) is 20.6. The first kappa shape index (κ1) is 15.6. The number of likely N-dealkylation sites (tertiary alicyclic amines) is 2. The molecule has 0 bridgehead atoms. The molecule has 1 spiro atoms. The predicted molar refractivity (Wildman–Crippen MR) is 85.6 cm³/mol. The van der Waals surface area contributed by atoms with E-state index in [1.165, 1.54) is 6.20 Å². The number of amides is 2. The van der Waals surface area contributed by atoms with Crippen LogP contribution in [-0.2, 0) is 4.79 Å². The molecule has 3 rings (SSSR count). The third kappa shape index (κ3) is 3.25. The monoisotopic (exact) mass is 314 g/mol. The van der Waals surface area contributed by atoms with E-state index in [1.54, 1.807) is 18.5 Å². The lowest BCUT2D eigenvalue weighted by atomic mass is 9.72. The summed E-state index contributed by atoms with van der Waals surface area (Å²) in [6.07, 6.45) is 9.79. The highest BCUT2D eigenvalue weighted by atomic mass is 16.2. The molecule has 2 aliphatic rings. The minimum Gasteiger partial charge on any atom is -0.338 e.